The van der Waals surface area contributed by atoms with Crippen molar-refractivity contribution < 1.29 is 19.1 Å². The number of nitrogens with one attached hydrogen (secondary N) is 1. The Kier molecular flexibility index (Phi) is 7.89. The lowest BCUT2D eigenvalue weighted by atomic mass is 9.97. The Morgan fingerprint density at radius 2 is 1.94 bits per heavy atom. The highest BCUT2D eigenvalue weighted by molar-refractivity contribution is 9.10. The zero-order valence-electron chi connectivity index (χ0n) is 20.9. The fourth-order valence-electron chi connectivity index (χ4n) is 5.08. The van der Waals surface area contributed by atoms with Gasteiger partial charge in [-0.1, -0.05) is 52.3 Å². The first-order valence-electron chi connectivity index (χ1n) is 12.3. The summed E-state index contributed by atoms with van der Waals surface area (Å²) in [5, 5.41) is 12.8. The van der Waals surface area contributed by atoms with E-state index in [1.807, 2.05) is 69.3 Å². The molecule has 1 N–H and O–H groups in total. The van der Waals surface area contributed by atoms with Gasteiger partial charge in [-0.25, -0.2) is 4.79 Å². The van der Waals surface area contributed by atoms with Gasteiger partial charge in [0.05, 0.1) is 6.07 Å². The van der Waals surface area contributed by atoms with Crippen LogP contribution in [0.1, 0.15) is 51.2 Å². The number of hydrogen-bond acceptors (Lipinski definition) is 5. The molecule has 4 unspecified atom stereocenters. The minimum atomic E-state index is -0.766. The molecular weight excluding hydrogens is 522 g/mol. The second kappa shape index (κ2) is 10.9. The van der Waals surface area contributed by atoms with E-state index in [1.165, 1.54) is 0 Å². The Hall–Kier alpha value is -3.05. The molecule has 2 bridgehead atoms. The highest BCUT2D eigenvalue weighted by Gasteiger charge is 2.52. The second-order valence-corrected chi connectivity index (χ2v) is 11.4. The van der Waals surface area contributed by atoms with Crippen molar-refractivity contribution in [3.8, 4) is 11.8 Å². The predicted octanol–water partition coefficient (Wildman–Crippen LogP) is 5.37. The van der Waals surface area contributed by atoms with E-state index >= 15 is 0 Å². The summed E-state index contributed by atoms with van der Waals surface area (Å²) in [6.07, 6.45) is 2.37. The molecule has 2 aromatic rings. The third kappa shape index (κ3) is 6.19. The highest BCUT2D eigenvalue weighted by atomic mass is 79.9. The van der Waals surface area contributed by atoms with E-state index in [1.54, 1.807) is 4.90 Å². The molecule has 1 saturated carbocycles. The van der Waals surface area contributed by atoms with Gasteiger partial charge in [-0.05, 0) is 69.2 Å². The molecule has 0 aromatic heterocycles. The van der Waals surface area contributed by atoms with Crippen molar-refractivity contribution in [1.29, 1.82) is 5.26 Å². The van der Waals surface area contributed by atoms with Crippen LogP contribution in [0.5, 0.6) is 5.75 Å². The van der Waals surface area contributed by atoms with Crippen LogP contribution in [0.4, 0.5) is 4.79 Å². The van der Waals surface area contributed by atoms with Gasteiger partial charge in [0.25, 0.3) is 0 Å². The summed E-state index contributed by atoms with van der Waals surface area (Å²) in [5.41, 5.74) is 1.21. The molecule has 190 valence electrons. The van der Waals surface area contributed by atoms with Crippen LogP contribution in [0.25, 0.3) is 0 Å². The molecule has 1 aliphatic heterocycles. The third-order valence-corrected chi connectivity index (χ3v) is 7.11. The summed E-state index contributed by atoms with van der Waals surface area (Å²) >= 11 is 3.49. The van der Waals surface area contributed by atoms with Crippen molar-refractivity contribution in [1.82, 2.24) is 10.2 Å². The first-order chi connectivity index (χ1) is 17.1. The Labute approximate surface area is 220 Å². The smallest absolute Gasteiger partial charge is 0.411 e. The zero-order chi connectivity index (χ0) is 25.9. The standard InChI is InChI=1S/C28H32BrN3O4/c1-28(2,3)36-27(34)32-23-12-10-20(14-23)25(32)26(33)31-22(16-30)13-19-9-11-21(29)15-24(19)35-17-18-7-5-4-6-8-18/h4-9,11,15,20,22-23,25H,10,12-14,17H2,1-3H3,(H,31,33). The van der Waals surface area contributed by atoms with Crippen LogP contribution >= 0.6 is 15.9 Å². The Bertz CT molecular complexity index is 1140. The van der Waals surface area contributed by atoms with Crippen LogP contribution in [0.2, 0.25) is 0 Å². The number of piperidine rings is 1. The molecule has 7 nitrogen and oxygen atoms in total. The quantitative estimate of drug-likeness (QED) is 0.497. The molecule has 1 heterocycles. The maximum Gasteiger partial charge on any atom is 0.411 e. The van der Waals surface area contributed by atoms with Crippen molar-refractivity contribution in [3.05, 3.63) is 64.1 Å². The molecule has 1 aliphatic carbocycles. The topological polar surface area (TPSA) is 91.7 Å². The molecule has 2 amide bonds. The minimum Gasteiger partial charge on any atom is -0.489 e. The molecule has 2 aromatic carbocycles. The number of nitrogens with zero attached hydrogens (tertiary/aromatic N) is 2. The molecule has 2 fully saturated rings. The fourth-order valence-corrected chi connectivity index (χ4v) is 5.42. The summed E-state index contributed by atoms with van der Waals surface area (Å²) in [6.45, 7) is 5.84. The number of amides is 2. The van der Waals surface area contributed by atoms with Crippen molar-refractivity contribution >= 4 is 27.9 Å². The Balaban J connectivity index is 1.45. The zero-order valence-corrected chi connectivity index (χ0v) is 22.5. The van der Waals surface area contributed by atoms with E-state index in [-0.39, 0.29) is 24.3 Å². The molecule has 2 aliphatic rings. The molecule has 36 heavy (non-hydrogen) atoms. The number of halogens is 1. The van der Waals surface area contributed by atoms with Gasteiger partial charge in [-0.3, -0.25) is 9.69 Å². The van der Waals surface area contributed by atoms with Crippen molar-refractivity contribution in [2.24, 2.45) is 5.92 Å². The van der Waals surface area contributed by atoms with Crippen LogP contribution in [0, 0.1) is 17.2 Å². The van der Waals surface area contributed by atoms with E-state index in [4.69, 9.17) is 9.47 Å². The number of nitriles is 1. The first kappa shape index (κ1) is 26.0. The summed E-state index contributed by atoms with van der Waals surface area (Å²) < 4.78 is 12.5. The first-order valence-corrected chi connectivity index (χ1v) is 13.1. The third-order valence-electron chi connectivity index (χ3n) is 6.62. The maximum atomic E-state index is 13.4. The van der Waals surface area contributed by atoms with Gasteiger partial charge in [0.1, 0.15) is 30.0 Å². The average Bonchev–Trinajstić information content (AvgIpc) is 3.45. The molecule has 4 atom stereocenters. The van der Waals surface area contributed by atoms with Crippen molar-refractivity contribution in [2.75, 3.05) is 0 Å². The van der Waals surface area contributed by atoms with Gasteiger partial charge in [-0.15, -0.1) is 0 Å². The van der Waals surface area contributed by atoms with Gasteiger partial charge in [-0.2, -0.15) is 5.26 Å². The monoisotopic (exact) mass is 553 g/mol. The Morgan fingerprint density at radius 3 is 2.64 bits per heavy atom. The summed E-state index contributed by atoms with van der Waals surface area (Å²) in [5.74, 6) is 0.431. The average molecular weight is 554 g/mol. The SMILES string of the molecule is CC(C)(C)OC(=O)N1C2CCC(C2)C1C(=O)NC(C#N)Cc1ccc(Br)cc1OCc1ccccc1. The number of benzene rings is 2. The van der Waals surface area contributed by atoms with E-state index < -0.39 is 23.8 Å². The van der Waals surface area contributed by atoms with Crippen LogP contribution in [-0.2, 0) is 22.6 Å². The van der Waals surface area contributed by atoms with Crippen molar-refractivity contribution in [3.63, 3.8) is 0 Å². The number of ether oxygens (including phenoxy) is 2. The number of carbonyl (C=O) groups excluding carboxylic acids is 2. The largest absolute Gasteiger partial charge is 0.489 e. The molecule has 4 rings (SSSR count). The second-order valence-electron chi connectivity index (χ2n) is 10.5. The molecule has 0 radical (unpaired) electrons. The van der Waals surface area contributed by atoms with Crippen LogP contribution in [0.15, 0.2) is 53.0 Å². The summed E-state index contributed by atoms with van der Waals surface area (Å²) in [7, 11) is 0. The number of carbonyl (C=O) groups is 2. The maximum absolute atomic E-state index is 13.4. The van der Waals surface area contributed by atoms with E-state index in [0.29, 0.717) is 12.4 Å². The summed E-state index contributed by atoms with van der Waals surface area (Å²) in [6, 6.07) is 16.3. The van der Waals surface area contributed by atoms with Crippen molar-refractivity contribution in [2.45, 2.75) is 76.8 Å². The van der Waals surface area contributed by atoms with Crippen LogP contribution in [0.3, 0.4) is 0 Å². The normalized spacial score (nSPS) is 21.5. The molecular formula is C28H32BrN3O4. The van der Waals surface area contributed by atoms with Gasteiger partial charge >= 0.3 is 6.09 Å². The lowest BCUT2D eigenvalue weighted by molar-refractivity contribution is -0.128. The van der Waals surface area contributed by atoms with Crippen LogP contribution in [-0.4, -0.2) is 40.6 Å². The predicted molar refractivity (Wildman–Crippen MR) is 139 cm³/mol. The van der Waals surface area contributed by atoms with E-state index in [0.717, 1.165) is 34.9 Å². The minimum absolute atomic E-state index is 0.00518. The van der Waals surface area contributed by atoms with Gasteiger partial charge in [0.2, 0.25) is 5.91 Å². The molecule has 8 heteroatoms. The van der Waals surface area contributed by atoms with E-state index in [9.17, 15) is 14.9 Å². The lowest BCUT2D eigenvalue weighted by Gasteiger charge is -2.35. The number of likely N-dealkylation sites (tertiary alicyclic amines) is 1. The summed E-state index contributed by atoms with van der Waals surface area (Å²) in [4.78, 5) is 27.9. The number of rotatable bonds is 7. The van der Waals surface area contributed by atoms with Gasteiger partial charge in [0, 0.05) is 16.9 Å². The van der Waals surface area contributed by atoms with Crippen LogP contribution < -0.4 is 10.1 Å². The van der Waals surface area contributed by atoms with Gasteiger partial charge in [0.15, 0.2) is 0 Å². The lowest BCUT2D eigenvalue weighted by Crippen LogP contribution is -2.55. The fraction of sp³-hybridized carbons (Fsp3) is 0.464. The number of fused-ring (bicyclic) bond motifs is 2. The Morgan fingerprint density at radius 1 is 1.19 bits per heavy atom. The van der Waals surface area contributed by atoms with E-state index in [2.05, 4.69) is 27.3 Å². The molecule has 0 spiro atoms. The number of hydrogen-bond donors (Lipinski definition) is 1. The highest BCUT2D eigenvalue weighted by Crippen LogP contribution is 2.43. The van der Waals surface area contributed by atoms with Gasteiger partial charge < -0.3 is 14.8 Å². The molecule has 1 saturated heterocycles.